The van der Waals surface area contributed by atoms with Gasteiger partial charge in [0.05, 0.1) is 26.9 Å². The van der Waals surface area contributed by atoms with E-state index in [-0.39, 0.29) is 0 Å². The number of thiophene rings is 2. The average Bonchev–Trinajstić information content (AvgIpc) is 4.03. The van der Waals surface area contributed by atoms with Crippen LogP contribution in [0.25, 0.3) is 125 Å². The average molecular weight is 841 g/mol. The molecule has 0 N–H and O–H groups in total. The van der Waals surface area contributed by atoms with E-state index in [1.54, 1.807) is 22.7 Å². The number of nitrogens with zero attached hydrogens (tertiary/aromatic N) is 6. The zero-order valence-electron chi connectivity index (χ0n) is 33.5. The van der Waals surface area contributed by atoms with Crippen LogP contribution >= 0.6 is 22.7 Å². The molecule has 13 rings (SSSR count). The topological polar surface area (TPSA) is 69.4 Å². The van der Waals surface area contributed by atoms with Crippen molar-refractivity contribution in [1.82, 2.24) is 29.5 Å². The lowest BCUT2D eigenvalue weighted by molar-refractivity contribution is 0.954. The van der Waals surface area contributed by atoms with Crippen LogP contribution in [0.2, 0.25) is 0 Å². The summed E-state index contributed by atoms with van der Waals surface area (Å²) in [5, 5.41) is 5.78. The maximum atomic E-state index is 5.30. The number of hydrogen-bond donors (Lipinski definition) is 0. The molecule has 0 radical (unpaired) electrons. The van der Waals surface area contributed by atoms with E-state index in [0.29, 0.717) is 17.6 Å². The standard InChI is InChI=1S/C55H32N6S2/c1-4-15-33(16-5-1)38-23-14-25-44-48(38)40-21-10-12-24-43(40)61(44)55-59-52(35-19-8-3-9-20-35)58-54(60-55)36-28-30-46-42(31-36)39-29-27-37(32-47(39)62-46)53-56-49(34-17-6-2-7-18-34)51-50(57-53)41-22-11-13-26-45(41)63-51/h1-32H. The smallest absolute Gasteiger partial charge is 0.238 e. The van der Waals surface area contributed by atoms with Gasteiger partial charge in [-0.25, -0.2) is 15.0 Å². The molecule has 0 unspecified atom stereocenters. The number of fused-ring (bicyclic) bond motifs is 9. The molecule has 6 nitrogen and oxygen atoms in total. The molecule has 294 valence electrons. The van der Waals surface area contributed by atoms with Gasteiger partial charge in [-0.2, -0.15) is 9.97 Å². The highest BCUT2D eigenvalue weighted by atomic mass is 32.1. The van der Waals surface area contributed by atoms with Gasteiger partial charge in [0, 0.05) is 63.3 Å². The van der Waals surface area contributed by atoms with Crippen molar-refractivity contribution in [3.8, 4) is 62.5 Å². The number of aromatic nitrogens is 6. The van der Waals surface area contributed by atoms with Crippen molar-refractivity contribution in [3.63, 3.8) is 0 Å². The first-order chi connectivity index (χ1) is 31.2. The van der Waals surface area contributed by atoms with E-state index in [1.165, 1.54) is 30.4 Å². The summed E-state index contributed by atoms with van der Waals surface area (Å²) < 4.78 is 6.86. The third-order valence-corrected chi connectivity index (χ3v) is 14.2. The molecular formula is C55H32N6S2. The molecule has 0 saturated carbocycles. The summed E-state index contributed by atoms with van der Waals surface area (Å²) in [5.41, 5.74) is 10.3. The van der Waals surface area contributed by atoms with Crippen LogP contribution in [-0.4, -0.2) is 29.5 Å². The first-order valence-electron chi connectivity index (χ1n) is 20.8. The highest BCUT2D eigenvalue weighted by molar-refractivity contribution is 7.26. The van der Waals surface area contributed by atoms with E-state index < -0.39 is 0 Å². The minimum Gasteiger partial charge on any atom is -0.278 e. The van der Waals surface area contributed by atoms with Gasteiger partial charge in [0.25, 0.3) is 0 Å². The van der Waals surface area contributed by atoms with Crippen molar-refractivity contribution in [2.24, 2.45) is 0 Å². The Labute approximate surface area is 369 Å². The highest BCUT2D eigenvalue weighted by Gasteiger charge is 2.21. The fourth-order valence-corrected chi connectivity index (χ4v) is 11.2. The van der Waals surface area contributed by atoms with Gasteiger partial charge in [-0.15, -0.1) is 22.7 Å². The molecule has 0 atom stereocenters. The maximum absolute atomic E-state index is 5.30. The van der Waals surface area contributed by atoms with Gasteiger partial charge in [0.1, 0.15) is 0 Å². The molecule has 0 amide bonds. The monoisotopic (exact) mass is 840 g/mol. The van der Waals surface area contributed by atoms with Crippen molar-refractivity contribution in [3.05, 3.63) is 194 Å². The SMILES string of the molecule is c1ccc(-c2nc(-c3ccc4sc5cc(-c6nc(-c7ccccc7)c7sc8ccccc8c7n6)ccc5c4c3)nc(-n3c4ccccc4c4c(-c5ccccc5)cccc43)n2)cc1. The van der Waals surface area contributed by atoms with Crippen LogP contribution in [0.3, 0.4) is 0 Å². The predicted molar refractivity (Wildman–Crippen MR) is 263 cm³/mol. The van der Waals surface area contributed by atoms with Crippen LogP contribution in [0.1, 0.15) is 0 Å². The summed E-state index contributed by atoms with van der Waals surface area (Å²) in [7, 11) is 0. The van der Waals surface area contributed by atoms with Gasteiger partial charge in [-0.3, -0.25) is 4.57 Å². The summed E-state index contributed by atoms with van der Waals surface area (Å²) in [6, 6.07) is 67.9. The molecule has 8 aromatic carbocycles. The molecule has 0 saturated heterocycles. The quantitative estimate of drug-likeness (QED) is 0.167. The predicted octanol–water partition coefficient (Wildman–Crippen LogP) is 14.8. The van der Waals surface area contributed by atoms with Gasteiger partial charge >= 0.3 is 0 Å². The second-order valence-corrected chi connectivity index (χ2v) is 17.8. The summed E-state index contributed by atoms with van der Waals surface area (Å²) in [6.45, 7) is 0. The molecule has 0 fully saturated rings. The Hall–Kier alpha value is -7.91. The molecule has 0 aliphatic rings. The molecule has 5 heterocycles. The van der Waals surface area contributed by atoms with Crippen LogP contribution in [0.15, 0.2) is 194 Å². The van der Waals surface area contributed by atoms with E-state index >= 15 is 0 Å². The minimum absolute atomic E-state index is 0.570. The van der Waals surface area contributed by atoms with E-state index in [1.807, 2.05) is 24.3 Å². The molecule has 63 heavy (non-hydrogen) atoms. The lowest BCUT2D eigenvalue weighted by Crippen LogP contribution is -2.06. The summed E-state index contributed by atoms with van der Waals surface area (Å²) >= 11 is 3.53. The van der Waals surface area contributed by atoms with E-state index in [0.717, 1.165) is 76.7 Å². The van der Waals surface area contributed by atoms with E-state index in [9.17, 15) is 0 Å². The zero-order chi connectivity index (χ0) is 41.4. The Kier molecular flexibility index (Phi) is 8.15. The van der Waals surface area contributed by atoms with E-state index in [4.69, 9.17) is 24.9 Å². The minimum atomic E-state index is 0.570. The summed E-state index contributed by atoms with van der Waals surface area (Å²) in [5.74, 6) is 2.52. The van der Waals surface area contributed by atoms with Gasteiger partial charge in [0.15, 0.2) is 17.5 Å². The normalized spacial score (nSPS) is 11.8. The Balaban J connectivity index is 0.971. The van der Waals surface area contributed by atoms with Crippen molar-refractivity contribution >= 4 is 85.0 Å². The molecule has 0 aliphatic carbocycles. The van der Waals surface area contributed by atoms with Crippen molar-refractivity contribution in [2.45, 2.75) is 0 Å². The van der Waals surface area contributed by atoms with Crippen molar-refractivity contribution in [2.75, 3.05) is 0 Å². The molecule has 13 aromatic rings. The molecule has 0 spiro atoms. The Morgan fingerprint density at radius 2 is 0.968 bits per heavy atom. The van der Waals surface area contributed by atoms with Crippen molar-refractivity contribution < 1.29 is 0 Å². The lowest BCUT2D eigenvalue weighted by Gasteiger charge is -2.11. The summed E-state index contributed by atoms with van der Waals surface area (Å²) in [4.78, 5) is 26.2. The second-order valence-electron chi connectivity index (χ2n) is 15.6. The molecule has 8 heteroatoms. The summed E-state index contributed by atoms with van der Waals surface area (Å²) in [6.07, 6.45) is 0. The van der Waals surface area contributed by atoms with Crippen LogP contribution in [-0.2, 0) is 0 Å². The largest absolute Gasteiger partial charge is 0.278 e. The number of para-hydroxylation sites is 1. The molecule has 5 aromatic heterocycles. The van der Waals surface area contributed by atoms with Crippen LogP contribution < -0.4 is 0 Å². The fourth-order valence-electron chi connectivity index (χ4n) is 8.97. The number of hydrogen-bond acceptors (Lipinski definition) is 7. The Morgan fingerprint density at radius 1 is 0.349 bits per heavy atom. The first kappa shape index (κ1) is 35.8. The van der Waals surface area contributed by atoms with Crippen LogP contribution in [0, 0.1) is 0 Å². The number of rotatable bonds is 6. The van der Waals surface area contributed by atoms with Gasteiger partial charge in [-0.05, 0) is 53.6 Å². The van der Waals surface area contributed by atoms with Gasteiger partial charge in [0.2, 0.25) is 5.95 Å². The number of benzene rings is 8. The third-order valence-electron chi connectivity index (χ3n) is 11.9. The van der Waals surface area contributed by atoms with Gasteiger partial charge in [-0.1, -0.05) is 152 Å². The van der Waals surface area contributed by atoms with Crippen molar-refractivity contribution in [1.29, 1.82) is 0 Å². The molecule has 0 aliphatic heterocycles. The highest BCUT2D eigenvalue weighted by Crippen LogP contribution is 2.43. The van der Waals surface area contributed by atoms with Gasteiger partial charge < -0.3 is 0 Å². The zero-order valence-corrected chi connectivity index (χ0v) is 35.1. The van der Waals surface area contributed by atoms with Crippen LogP contribution in [0.5, 0.6) is 0 Å². The Bertz CT molecular complexity index is 3910. The first-order valence-corrected chi connectivity index (χ1v) is 22.5. The lowest BCUT2D eigenvalue weighted by atomic mass is 9.99. The maximum Gasteiger partial charge on any atom is 0.238 e. The second kappa shape index (κ2) is 14.3. The van der Waals surface area contributed by atoms with Crippen LogP contribution in [0.4, 0.5) is 0 Å². The molecular weight excluding hydrogens is 809 g/mol. The van der Waals surface area contributed by atoms with E-state index in [2.05, 4.69) is 174 Å². The Morgan fingerprint density at radius 3 is 1.78 bits per heavy atom. The fraction of sp³-hybridized carbons (Fsp3) is 0. The molecule has 0 bridgehead atoms. The third kappa shape index (κ3) is 5.87.